The molecule has 4 aliphatic rings. The Morgan fingerprint density at radius 1 is 0.882 bits per heavy atom. The first-order valence-corrected chi connectivity index (χ1v) is 13.1. The van der Waals surface area contributed by atoms with Gasteiger partial charge in [0, 0.05) is 5.41 Å². The molecule has 34 heavy (non-hydrogen) atoms. The third-order valence-corrected chi connectivity index (χ3v) is 12.5. The lowest BCUT2D eigenvalue weighted by molar-refractivity contribution is -0.225. The Bertz CT molecular complexity index is 1140. The van der Waals surface area contributed by atoms with Crippen LogP contribution in [0, 0.1) is 34.0 Å². The molecular weight excluding hydrogens is 424 g/mol. The Morgan fingerprint density at radius 3 is 2.18 bits per heavy atom. The average Bonchev–Trinajstić information content (AvgIpc) is 2.76. The van der Waals surface area contributed by atoms with Crippen molar-refractivity contribution >= 4 is 5.97 Å². The fourth-order valence-electron chi connectivity index (χ4n) is 9.51. The average molecular weight is 467 g/mol. The van der Waals surface area contributed by atoms with Gasteiger partial charge in [0.05, 0.1) is 5.41 Å². The molecule has 3 saturated carbocycles. The second kappa shape index (κ2) is 6.62. The van der Waals surface area contributed by atoms with Crippen LogP contribution in [0.15, 0.2) is 17.7 Å². The molecule has 4 nitrogen and oxygen atoms in total. The van der Waals surface area contributed by atoms with Crippen LogP contribution in [-0.4, -0.2) is 21.3 Å². The number of hydrogen-bond donors (Lipinski definition) is 3. The molecule has 0 spiro atoms. The maximum atomic E-state index is 12.4. The first-order chi connectivity index (χ1) is 15.6. The van der Waals surface area contributed by atoms with Gasteiger partial charge in [-0.15, -0.1) is 0 Å². The Kier molecular flexibility index (Phi) is 4.62. The lowest BCUT2D eigenvalue weighted by Crippen LogP contribution is -2.67. The van der Waals surface area contributed by atoms with E-state index < -0.39 is 11.4 Å². The Morgan fingerprint density at radius 2 is 1.53 bits per heavy atom. The molecule has 186 valence electrons. The molecule has 1 aromatic carbocycles. The third kappa shape index (κ3) is 2.48. The number of carboxylic acids is 1. The Labute approximate surface area is 204 Å². The SMILES string of the molecule is Cc1c(O)c(O)cc2c1CC=C1[C@@]2(C)CC[C@@]2(C)[C@]3(C)C[C@](C)(C(=O)O)CC[C@]3(C)CC[C@]12C. The van der Waals surface area contributed by atoms with Crippen molar-refractivity contribution in [3.63, 3.8) is 0 Å². The van der Waals surface area contributed by atoms with Crippen molar-refractivity contribution in [2.24, 2.45) is 27.1 Å². The summed E-state index contributed by atoms with van der Waals surface area (Å²) < 4.78 is 0. The summed E-state index contributed by atoms with van der Waals surface area (Å²) in [6, 6.07) is 1.81. The predicted octanol–water partition coefficient (Wildman–Crippen LogP) is 7.03. The van der Waals surface area contributed by atoms with Crippen LogP contribution in [0.3, 0.4) is 0 Å². The van der Waals surface area contributed by atoms with Crippen LogP contribution in [0.25, 0.3) is 0 Å². The second-order valence-electron chi connectivity index (χ2n) is 13.6. The van der Waals surface area contributed by atoms with Gasteiger partial charge in [0.15, 0.2) is 11.5 Å². The molecule has 0 unspecified atom stereocenters. The molecule has 3 N–H and O–H groups in total. The van der Waals surface area contributed by atoms with Crippen LogP contribution < -0.4 is 0 Å². The Hall–Kier alpha value is -1.97. The second-order valence-corrected chi connectivity index (χ2v) is 13.6. The molecule has 1 aromatic rings. The van der Waals surface area contributed by atoms with Gasteiger partial charge < -0.3 is 15.3 Å². The van der Waals surface area contributed by atoms with Gasteiger partial charge in [-0.1, -0.05) is 46.3 Å². The fourth-order valence-corrected chi connectivity index (χ4v) is 9.51. The quantitative estimate of drug-likeness (QED) is 0.306. The van der Waals surface area contributed by atoms with Crippen LogP contribution in [0.1, 0.15) is 103 Å². The summed E-state index contributed by atoms with van der Waals surface area (Å²) >= 11 is 0. The number of carbonyl (C=O) groups is 1. The number of aliphatic carboxylic acids is 1. The number of allylic oxidation sites excluding steroid dienone is 2. The number of phenols is 2. The highest BCUT2D eigenvalue weighted by molar-refractivity contribution is 5.74. The van der Waals surface area contributed by atoms with E-state index in [1.165, 1.54) is 11.1 Å². The van der Waals surface area contributed by atoms with Gasteiger partial charge in [0.1, 0.15) is 0 Å². The minimum absolute atomic E-state index is 0.00201. The lowest BCUT2D eigenvalue weighted by Gasteiger charge is -2.74. The standard InChI is InChI=1S/C30H42O4/c1-18-19-8-9-22-27(4,20(19)16-21(31)23(18)32)13-15-29(6)28(22,5)14-12-26(3)11-10-25(2,24(33)34)17-30(26,29)7/h9,16,31-32H,8,10-15,17H2,1-7H3,(H,33,34)/t25-,26-,27+,28-,29-,30-/m1/s1. The van der Waals surface area contributed by atoms with Crippen molar-refractivity contribution in [3.8, 4) is 11.5 Å². The molecule has 4 heteroatoms. The number of aromatic hydroxyl groups is 2. The van der Waals surface area contributed by atoms with Gasteiger partial charge in [-0.3, -0.25) is 4.79 Å². The topological polar surface area (TPSA) is 77.8 Å². The summed E-state index contributed by atoms with van der Waals surface area (Å²) in [7, 11) is 0. The van der Waals surface area contributed by atoms with E-state index in [0.29, 0.717) is 0 Å². The van der Waals surface area contributed by atoms with Crippen molar-refractivity contribution < 1.29 is 20.1 Å². The summed E-state index contributed by atoms with van der Waals surface area (Å²) in [5.41, 5.74) is 3.68. The molecule has 0 radical (unpaired) electrons. The largest absolute Gasteiger partial charge is 0.504 e. The zero-order valence-corrected chi connectivity index (χ0v) is 22.1. The first kappa shape index (κ1) is 23.8. The van der Waals surface area contributed by atoms with Crippen molar-refractivity contribution in [3.05, 3.63) is 34.4 Å². The summed E-state index contributed by atoms with van der Waals surface area (Å²) in [5, 5.41) is 31.1. The normalized spacial score (nSPS) is 45.3. The maximum absolute atomic E-state index is 12.4. The van der Waals surface area contributed by atoms with Crippen LogP contribution in [-0.2, 0) is 16.6 Å². The summed E-state index contributed by atoms with van der Waals surface area (Å²) in [6.07, 6.45) is 9.88. The number of carboxylic acid groups (broad SMARTS) is 1. The summed E-state index contributed by atoms with van der Waals surface area (Å²) in [5.74, 6) is -0.670. The van der Waals surface area contributed by atoms with Crippen molar-refractivity contribution in [2.75, 3.05) is 0 Å². The number of rotatable bonds is 1. The molecule has 3 fully saturated rings. The van der Waals surface area contributed by atoms with Gasteiger partial charge in [-0.25, -0.2) is 0 Å². The van der Waals surface area contributed by atoms with E-state index in [-0.39, 0.29) is 38.6 Å². The van der Waals surface area contributed by atoms with E-state index in [4.69, 9.17) is 0 Å². The van der Waals surface area contributed by atoms with E-state index in [9.17, 15) is 20.1 Å². The third-order valence-electron chi connectivity index (χ3n) is 12.5. The van der Waals surface area contributed by atoms with Crippen molar-refractivity contribution in [2.45, 2.75) is 105 Å². The number of benzene rings is 1. The fraction of sp³-hybridized carbons (Fsp3) is 0.700. The minimum atomic E-state index is -0.676. The summed E-state index contributed by atoms with van der Waals surface area (Å²) in [6.45, 7) is 16.0. The van der Waals surface area contributed by atoms with Gasteiger partial charge in [-0.2, -0.15) is 0 Å². The molecule has 0 heterocycles. The molecule has 5 rings (SSSR count). The molecule has 6 atom stereocenters. The number of hydrogen-bond acceptors (Lipinski definition) is 3. The first-order valence-electron chi connectivity index (χ1n) is 13.1. The molecule has 4 aliphatic carbocycles. The minimum Gasteiger partial charge on any atom is -0.504 e. The molecule has 0 aromatic heterocycles. The zero-order chi connectivity index (χ0) is 25.1. The lowest BCUT2D eigenvalue weighted by atomic mass is 9.29. The van der Waals surface area contributed by atoms with E-state index in [1.54, 1.807) is 0 Å². The highest BCUT2D eigenvalue weighted by Crippen LogP contribution is 2.79. The Balaban J connectivity index is 1.67. The molecule has 0 bridgehead atoms. The van der Waals surface area contributed by atoms with E-state index in [0.717, 1.165) is 62.5 Å². The molecule has 0 amide bonds. The van der Waals surface area contributed by atoms with Crippen LogP contribution in [0.5, 0.6) is 11.5 Å². The molecule has 0 saturated heterocycles. The van der Waals surface area contributed by atoms with E-state index in [2.05, 4.69) is 40.7 Å². The van der Waals surface area contributed by atoms with Crippen molar-refractivity contribution in [1.29, 1.82) is 0 Å². The molecular formula is C30H42O4. The van der Waals surface area contributed by atoms with Gasteiger partial charge >= 0.3 is 5.97 Å². The van der Waals surface area contributed by atoms with Crippen LogP contribution in [0.4, 0.5) is 0 Å². The number of fused-ring (bicyclic) bond motifs is 7. The van der Waals surface area contributed by atoms with Crippen molar-refractivity contribution in [1.82, 2.24) is 0 Å². The van der Waals surface area contributed by atoms with Gasteiger partial charge in [0.2, 0.25) is 0 Å². The maximum Gasteiger partial charge on any atom is 0.309 e. The van der Waals surface area contributed by atoms with E-state index >= 15 is 0 Å². The predicted molar refractivity (Wildman–Crippen MR) is 134 cm³/mol. The summed E-state index contributed by atoms with van der Waals surface area (Å²) in [4.78, 5) is 12.4. The zero-order valence-electron chi connectivity index (χ0n) is 22.1. The highest BCUT2D eigenvalue weighted by Gasteiger charge is 2.72. The number of phenolic OH excluding ortho intramolecular Hbond substituents is 2. The smallest absolute Gasteiger partial charge is 0.309 e. The highest BCUT2D eigenvalue weighted by atomic mass is 16.4. The molecule has 0 aliphatic heterocycles. The van der Waals surface area contributed by atoms with Gasteiger partial charge in [0.25, 0.3) is 0 Å². The van der Waals surface area contributed by atoms with Crippen LogP contribution >= 0.6 is 0 Å². The monoisotopic (exact) mass is 466 g/mol. The van der Waals surface area contributed by atoms with Gasteiger partial charge in [-0.05, 0) is 110 Å². The van der Waals surface area contributed by atoms with E-state index in [1.807, 2.05) is 19.9 Å². The van der Waals surface area contributed by atoms with Crippen LogP contribution in [0.2, 0.25) is 0 Å².